The molecular weight excluding hydrogens is 308 g/mol. The van der Waals surface area contributed by atoms with E-state index in [0.717, 1.165) is 4.90 Å². The van der Waals surface area contributed by atoms with Gasteiger partial charge < -0.3 is 10.4 Å². The molecule has 0 heterocycles. The van der Waals surface area contributed by atoms with E-state index in [1.165, 1.54) is 23.9 Å². The minimum absolute atomic E-state index is 0.00334. The van der Waals surface area contributed by atoms with Crippen LogP contribution in [0.15, 0.2) is 29.2 Å². The number of non-ortho nitro benzene ring substituents is 1. The molecule has 0 saturated heterocycles. The molecule has 1 aromatic rings. The highest BCUT2D eigenvalue weighted by Crippen LogP contribution is 2.21. The molecule has 0 aromatic heterocycles. The summed E-state index contributed by atoms with van der Waals surface area (Å²) >= 11 is 1.26. The highest BCUT2D eigenvalue weighted by molar-refractivity contribution is 8.00. The summed E-state index contributed by atoms with van der Waals surface area (Å²) in [6.07, 6.45) is 0.332. The van der Waals surface area contributed by atoms with Crippen LogP contribution in [0.3, 0.4) is 0 Å². The van der Waals surface area contributed by atoms with Gasteiger partial charge in [0.2, 0.25) is 5.91 Å². The zero-order valence-corrected chi connectivity index (χ0v) is 13.2. The van der Waals surface area contributed by atoms with Gasteiger partial charge in [-0.1, -0.05) is 0 Å². The van der Waals surface area contributed by atoms with Crippen LogP contribution in [-0.4, -0.2) is 33.2 Å². The Hall–Kier alpha value is -2.09. The lowest BCUT2D eigenvalue weighted by molar-refractivity contribution is -0.384. The van der Waals surface area contributed by atoms with Crippen molar-refractivity contribution in [2.24, 2.45) is 0 Å². The van der Waals surface area contributed by atoms with E-state index in [1.807, 2.05) is 0 Å². The molecule has 22 heavy (non-hydrogen) atoms. The fourth-order valence-corrected chi connectivity index (χ4v) is 2.41. The van der Waals surface area contributed by atoms with Gasteiger partial charge in [0.1, 0.15) is 0 Å². The van der Waals surface area contributed by atoms with Crippen molar-refractivity contribution in [3.05, 3.63) is 34.4 Å². The van der Waals surface area contributed by atoms with Gasteiger partial charge in [-0.05, 0) is 32.4 Å². The maximum absolute atomic E-state index is 11.9. The second-order valence-electron chi connectivity index (χ2n) is 5.37. The van der Waals surface area contributed by atoms with Gasteiger partial charge in [0.15, 0.2) is 0 Å². The number of carboxylic acids is 1. The number of benzene rings is 1. The van der Waals surface area contributed by atoms with Crippen molar-refractivity contribution in [2.45, 2.75) is 37.1 Å². The normalized spacial score (nSPS) is 11.0. The number of carboxylic acid groups (broad SMARTS) is 1. The number of amides is 1. The number of thioether (sulfide) groups is 1. The summed E-state index contributed by atoms with van der Waals surface area (Å²) < 4.78 is 0. The topological polar surface area (TPSA) is 110 Å². The number of carbonyl (C=O) groups is 2. The van der Waals surface area contributed by atoms with Crippen molar-refractivity contribution in [1.29, 1.82) is 0 Å². The Morgan fingerprint density at radius 2 is 1.91 bits per heavy atom. The van der Waals surface area contributed by atoms with E-state index in [9.17, 15) is 19.7 Å². The first kappa shape index (κ1) is 18.0. The fraction of sp³-hybridized carbons (Fsp3) is 0.429. The highest BCUT2D eigenvalue weighted by atomic mass is 32.2. The van der Waals surface area contributed by atoms with Crippen LogP contribution < -0.4 is 5.32 Å². The van der Waals surface area contributed by atoms with E-state index in [-0.39, 0.29) is 23.8 Å². The summed E-state index contributed by atoms with van der Waals surface area (Å²) in [5.74, 6) is -0.949. The molecule has 0 saturated carbocycles. The van der Waals surface area contributed by atoms with E-state index in [0.29, 0.717) is 6.42 Å². The molecule has 1 rings (SSSR count). The van der Waals surface area contributed by atoms with E-state index < -0.39 is 16.4 Å². The van der Waals surface area contributed by atoms with Crippen molar-refractivity contribution in [3.63, 3.8) is 0 Å². The van der Waals surface area contributed by atoms with Gasteiger partial charge in [-0.3, -0.25) is 19.7 Å². The zero-order valence-electron chi connectivity index (χ0n) is 12.4. The molecule has 1 aromatic carbocycles. The molecule has 0 aliphatic heterocycles. The number of nitrogens with zero attached hydrogens (tertiary/aromatic N) is 1. The SMILES string of the molecule is CC(C)(CCC(=O)O)NC(=O)CSc1ccc([N+](=O)[O-])cc1. The van der Waals surface area contributed by atoms with Crippen LogP contribution in [0.5, 0.6) is 0 Å². The van der Waals surface area contributed by atoms with Gasteiger partial charge in [-0.25, -0.2) is 0 Å². The second kappa shape index (κ2) is 7.79. The van der Waals surface area contributed by atoms with Crippen molar-refractivity contribution in [3.8, 4) is 0 Å². The third-order valence-electron chi connectivity index (χ3n) is 2.86. The summed E-state index contributed by atoms with van der Waals surface area (Å²) in [5, 5.41) is 22.0. The van der Waals surface area contributed by atoms with Gasteiger partial charge in [0.05, 0.1) is 10.7 Å². The molecule has 0 fully saturated rings. The first-order valence-corrected chi connectivity index (χ1v) is 7.58. The molecule has 2 N–H and O–H groups in total. The lowest BCUT2D eigenvalue weighted by atomic mass is 9.98. The Balaban J connectivity index is 2.45. The molecule has 0 aliphatic carbocycles. The van der Waals surface area contributed by atoms with Crippen molar-refractivity contribution < 1.29 is 19.6 Å². The summed E-state index contributed by atoms with van der Waals surface area (Å²) in [7, 11) is 0. The van der Waals surface area contributed by atoms with Crippen molar-refractivity contribution in [2.75, 3.05) is 5.75 Å². The number of nitro groups is 1. The van der Waals surface area contributed by atoms with Crippen LogP contribution in [0, 0.1) is 10.1 Å². The van der Waals surface area contributed by atoms with E-state index in [2.05, 4.69) is 5.32 Å². The molecule has 8 heteroatoms. The Morgan fingerprint density at radius 1 is 1.32 bits per heavy atom. The predicted octanol–water partition coefficient (Wildman–Crippen LogP) is 2.45. The number of hydrogen-bond donors (Lipinski definition) is 2. The average Bonchev–Trinajstić information content (AvgIpc) is 2.43. The Bertz CT molecular complexity index is 557. The van der Waals surface area contributed by atoms with Crippen LogP contribution in [0.25, 0.3) is 0 Å². The Morgan fingerprint density at radius 3 is 2.41 bits per heavy atom. The number of aliphatic carboxylic acids is 1. The number of nitrogens with one attached hydrogen (secondary N) is 1. The van der Waals surface area contributed by atoms with Crippen molar-refractivity contribution >= 4 is 29.3 Å². The van der Waals surface area contributed by atoms with Crippen LogP contribution >= 0.6 is 11.8 Å². The molecule has 0 radical (unpaired) electrons. The summed E-state index contributed by atoms with van der Waals surface area (Å²) in [4.78, 5) is 33.2. The van der Waals surface area contributed by atoms with Crippen LogP contribution in [0.1, 0.15) is 26.7 Å². The molecule has 120 valence electrons. The monoisotopic (exact) mass is 326 g/mol. The Kier molecular flexibility index (Phi) is 6.36. The fourth-order valence-electron chi connectivity index (χ4n) is 1.71. The maximum Gasteiger partial charge on any atom is 0.303 e. The molecule has 0 bridgehead atoms. The van der Waals surface area contributed by atoms with Crippen LogP contribution in [-0.2, 0) is 9.59 Å². The molecule has 1 amide bonds. The van der Waals surface area contributed by atoms with E-state index in [1.54, 1.807) is 26.0 Å². The summed E-state index contributed by atoms with van der Waals surface area (Å²) in [6, 6.07) is 5.95. The average molecular weight is 326 g/mol. The van der Waals surface area contributed by atoms with Gasteiger partial charge in [0, 0.05) is 29.0 Å². The molecule has 0 aliphatic rings. The number of hydrogen-bond acceptors (Lipinski definition) is 5. The summed E-state index contributed by atoms with van der Waals surface area (Å²) in [5.41, 5.74) is -0.588. The quantitative estimate of drug-likeness (QED) is 0.431. The zero-order chi connectivity index (χ0) is 16.8. The van der Waals surface area contributed by atoms with Crippen LogP contribution in [0.2, 0.25) is 0 Å². The first-order chi connectivity index (χ1) is 10.2. The minimum atomic E-state index is -0.900. The molecule has 7 nitrogen and oxygen atoms in total. The predicted molar refractivity (Wildman–Crippen MR) is 82.9 cm³/mol. The Labute approximate surface area is 132 Å². The lowest BCUT2D eigenvalue weighted by Gasteiger charge is -2.25. The van der Waals surface area contributed by atoms with Gasteiger partial charge >= 0.3 is 5.97 Å². The molecule has 0 unspecified atom stereocenters. The molecule has 0 atom stereocenters. The van der Waals surface area contributed by atoms with Gasteiger partial charge in [-0.2, -0.15) is 0 Å². The smallest absolute Gasteiger partial charge is 0.303 e. The van der Waals surface area contributed by atoms with E-state index >= 15 is 0 Å². The third-order valence-corrected chi connectivity index (χ3v) is 3.87. The lowest BCUT2D eigenvalue weighted by Crippen LogP contribution is -2.44. The number of carbonyl (C=O) groups excluding carboxylic acids is 1. The molecule has 0 spiro atoms. The largest absolute Gasteiger partial charge is 0.481 e. The first-order valence-electron chi connectivity index (χ1n) is 6.60. The second-order valence-corrected chi connectivity index (χ2v) is 6.41. The maximum atomic E-state index is 11.9. The van der Waals surface area contributed by atoms with Gasteiger partial charge in [-0.15, -0.1) is 11.8 Å². The van der Waals surface area contributed by atoms with E-state index in [4.69, 9.17) is 5.11 Å². The standard InChI is InChI=1S/C14H18N2O5S/c1-14(2,8-7-13(18)19)15-12(17)9-22-11-5-3-10(4-6-11)16(20)21/h3-6H,7-9H2,1-2H3,(H,15,17)(H,18,19). The number of rotatable bonds is 8. The summed E-state index contributed by atoms with van der Waals surface area (Å²) in [6.45, 7) is 3.54. The van der Waals surface area contributed by atoms with Crippen molar-refractivity contribution in [1.82, 2.24) is 5.32 Å². The molecular formula is C14H18N2O5S. The van der Waals surface area contributed by atoms with Gasteiger partial charge in [0.25, 0.3) is 5.69 Å². The highest BCUT2D eigenvalue weighted by Gasteiger charge is 2.21. The number of nitro benzene ring substituents is 1. The minimum Gasteiger partial charge on any atom is -0.481 e. The van der Waals surface area contributed by atoms with Crippen LogP contribution in [0.4, 0.5) is 5.69 Å². The third kappa shape index (κ3) is 6.57.